The largest absolute Gasteiger partial charge is 0.370 e. The summed E-state index contributed by atoms with van der Waals surface area (Å²) in [5.74, 6) is 0.205. The topological polar surface area (TPSA) is 29.5 Å². The second-order valence-corrected chi connectivity index (χ2v) is 6.46. The summed E-state index contributed by atoms with van der Waals surface area (Å²) >= 11 is 0. The zero-order valence-corrected chi connectivity index (χ0v) is 13.0. The van der Waals surface area contributed by atoms with Crippen molar-refractivity contribution >= 4 is 5.91 Å². The quantitative estimate of drug-likeness (QED) is 0.829. The summed E-state index contributed by atoms with van der Waals surface area (Å²) in [7, 11) is 0. The first kappa shape index (κ1) is 15.0. The molecule has 0 saturated carbocycles. The summed E-state index contributed by atoms with van der Waals surface area (Å²) in [6.07, 6.45) is 1.04. The van der Waals surface area contributed by atoms with E-state index in [0.717, 1.165) is 12.0 Å². The van der Waals surface area contributed by atoms with Gasteiger partial charge in [-0.3, -0.25) is 4.79 Å². The van der Waals surface area contributed by atoms with E-state index in [1.54, 1.807) is 0 Å². The minimum Gasteiger partial charge on any atom is -0.370 e. The Morgan fingerprint density at radius 3 is 2.50 bits per heavy atom. The van der Waals surface area contributed by atoms with E-state index < -0.39 is 0 Å². The van der Waals surface area contributed by atoms with Gasteiger partial charge < -0.3 is 9.64 Å². The van der Waals surface area contributed by atoms with Crippen LogP contribution in [0.15, 0.2) is 24.3 Å². The molecule has 1 unspecified atom stereocenters. The lowest BCUT2D eigenvalue weighted by atomic mass is 9.94. The maximum absolute atomic E-state index is 12.4. The van der Waals surface area contributed by atoms with E-state index in [1.807, 2.05) is 25.7 Å². The highest BCUT2D eigenvalue weighted by molar-refractivity contribution is 5.81. The van der Waals surface area contributed by atoms with Crippen LogP contribution in [0.25, 0.3) is 0 Å². The van der Waals surface area contributed by atoms with Crippen LogP contribution >= 0.6 is 0 Å². The van der Waals surface area contributed by atoms with Crippen molar-refractivity contribution in [1.29, 1.82) is 0 Å². The minimum atomic E-state index is -0.325. The number of hydrogen-bond acceptors (Lipinski definition) is 2. The Kier molecular flexibility index (Phi) is 4.48. The van der Waals surface area contributed by atoms with E-state index in [2.05, 4.69) is 31.2 Å². The van der Waals surface area contributed by atoms with Gasteiger partial charge in [0, 0.05) is 12.0 Å². The van der Waals surface area contributed by atoms with Gasteiger partial charge in [0.05, 0.1) is 13.2 Å². The minimum absolute atomic E-state index is 0.000885. The van der Waals surface area contributed by atoms with Gasteiger partial charge in [-0.05, 0) is 17.5 Å². The lowest BCUT2D eigenvalue weighted by Crippen LogP contribution is -2.46. The van der Waals surface area contributed by atoms with Crippen molar-refractivity contribution in [3.63, 3.8) is 0 Å². The Morgan fingerprint density at radius 2 is 1.95 bits per heavy atom. The fraction of sp³-hybridized carbons (Fsp3) is 0.588. The maximum Gasteiger partial charge on any atom is 0.228 e. The predicted molar refractivity (Wildman–Crippen MR) is 80.5 cm³/mol. The number of carbonyl (C=O) groups is 1. The molecule has 20 heavy (non-hydrogen) atoms. The third kappa shape index (κ3) is 3.40. The van der Waals surface area contributed by atoms with Gasteiger partial charge in [0.2, 0.25) is 5.91 Å². The van der Waals surface area contributed by atoms with E-state index in [1.165, 1.54) is 5.56 Å². The van der Waals surface area contributed by atoms with Gasteiger partial charge in [-0.2, -0.15) is 0 Å². The van der Waals surface area contributed by atoms with Crippen molar-refractivity contribution in [3.05, 3.63) is 35.4 Å². The molecule has 1 atom stereocenters. The summed E-state index contributed by atoms with van der Waals surface area (Å²) in [4.78, 5) is 14.3. The van der Waals surface area contributed by atoms with E-state index in [4.69, 9.17) is 4.74 Å². The number of benzene rings is 1. The molecule has 1 fully saturated rings. The number of hydrogen-bond donors (Lipinski definition) is 0. The molecule has 0 bridgehead atoms. The summed E-state index contributed by atoms with van der Waals surface area (Å²) in [6, 6.07) is 8.52. The molecule has 2 rings (SSSR count). The van der Waals surface area contributed by atoms with Crippen LogP contribution in [0.4, 0.5) is 0 Å². The molecule has 3 nitrogen and oxygen atoms in total. The number of nitrogens with zero attached hydrogens (tertiary/aromatic N) is 1. The second-order valence-electron chi connectivity index (χ2n) is 6.46. The van der Waals surface area contributed by atoms with Crippen LogP contribution in [0, 0.1) is 5.41 Å². The smallest absolute Gasteiger partial charge is 0.228 e. The molecule has 1 aromatic rings. The van der Waals surface area contributed by atoms with Gasteiger partial charge >= 0.3 is 0 Å². The summed E-state index contributed by atoms with van der Waals surface area (Å²) in [5.41, 5.74) is 2.16. The molecule has 1 heterocycles. The molecule has 0 aliphatic carbocycles. The number of morpholine rings is 1. The lowest BCUT2D eigenvalue weighted by Gasteiger charge is -2.36. The predicted octanol–water partition coefficient (Wildman–Crippen LogP) is 3.20. The normalized spacial score (nSPS) is 20.0. The third-order valence-electron chi connectivity index (χ3n) is 3.76. The van der Waals surface area contributed by atoms with Crippen LogP contribution in [0.1, 0.15) is 44.9 Å². The molecule has 0 aromatic heterocycles. The van der Waals surface area contributed by atoms with Crippen molar-refractivity contribution in [2.75, 3.05) is 19.7 Å². The summed E-state index contributed by atoms with van der Waals surface area (Å²) < 4.78 is 5.84. The van der Waals surface area contributed by atoms with Crippen molar-refractivity contribution in [3.8, 4) is 0 Å². The van der Waals surface area contributed by atoms with E-state index >= 15 is 0 Å². The van der Waals surface area contributed by atoms with Crippen molar-refractivity contribution in [1.82, 2.24) is 4.90 Å². The highest BCUT2D eigenvalue weighted by Crippen LogP contribution is 2.26. The van der Waals surface area contributed by atoms with Crippen LogP contribution < -0.4 is 0 Å². The SMILES string of the molecule is CCc1ccc(C2CN(C(=O)C(C)(C)C)CCO2)cc1. The molecule has 1 aliphatic rings. The Morgan fingerprint density at radius 1 is 1.30 bits per heavy atom. The van der Waals surface area contributed by atoms with Crippen LogP contribution in [0.3, 0.4) is 0 Å². The van der Waals surface area contributed by atoms with E-state index in [9.17, 15) is 4.79 Å². The molecule has 110 valence electrons. The Balaban J connectivity index is 2.08. The Hall–Kier alpha value is -1.35. The highest BCUT2D eigenvalue weighted by atomic mass is 16.5. The molecule has 0 spiro atoms. The number of rotatable bonds is 2. The van der Waals surface area contributed by atoms with Gasteiger partial charge in [0.15, 0.2) is 0 Å². The zero-order chi connectivity index (χ0) is 14.8. The maximum atomic E-state index is 12.4. The van der Waals surface area contributed by atoms with Gasteiger partial charge in [-0.25, -0.2) is 0 Å². The van der Waals surface area contributed by atoms with Crippen molar-refractivity contribution < 1.29 is 9.53 Å². The molecule has 1 aromatic carbocycles. The van der Waals surface area contributed by atoms with Crippen LogP contribution in [-0.2, 0) is 16.0 Å². The first-order valence-corrected chi connectivity index (χ1v) is 7.41. The molecule has 1 amide bonds. The van der Waals surface area contributed by atoms with Gasteiger partial charge in [0.25, 0.3) is 0 Å². The number of carbonyl (C=O) groups excluding carboxylic acids is 1. The zero-order valence-electron chi connectivity index (χ0n) is 13.0. The summed E-state index contributed by atoms with van der Waals surface area (Å²) in [5, 5.41) is 0. The van der Waals surface area contributed by atoms with Crippen LogP contribution in [0.2, 0.25) is 0 Å². The van der Waals surface area contributed by atoms with Crippen molar-refractivity contribution in [2.24, 2.45) is 5.41 Å². The van der Waals surface area contributed by atoms with Crippen molar-refractivity contribution in [2.45, 2.75) is 40.2 Å². The van der Waals surface area contributed by atoms with Crippen LogP contribution in [-0.4, -0.2) is 30.5 Å². The third-order valence-corrected chi connectivity index (χ3v) is 3.76. The Bertz CT molecular complexity index is 459. The monoisotopic (exact) mass is 275 g/mol. The standard InChI is InChI=1S/C17H25NO2/c1-5-13-6-8-14(9-7-13)15-12-18(10-11-20-15)16(19)17(2,3)4/h6-9,15H,5,10-12H2,1-4H3. The average molecular weight is 275 g/mol. The first-order valence-electron chi connectivity index (χ1n) is 7.41. The van der Waals surface area contributed by atoms with E-state index in [-0.39, 0.29) is 17.4 Å². The van der Waals surface area contributed by atoms with Gasteiger partial charge in [-0.1, -0.05) is 52.0 Å². The van der Waals surface area contributed by atoms with E-state index in [0.29, 0.717) is 19.7 Å². The molecular weight excluding hydrogens is 250 g/mol. The molecule has 3 heteroatoms. The fourth-order valence-electron chi connectivity index (χ4n) is 2.48. The molecule has 1 aliphatic heterocycles. The number of ether oxygens (including phenoxy) is 1. The fourth-order valence-corrected chi connectivity index (χ4v) is 2.48. The summed E-state index contributed by atoms with van der Waals surface area (Å²) in [6.45, 7) is 10.0. The highest BCUT2D eigenvalue weighted by Gasteiger charge is 2.31. The molecule has 0 N–H and O–H groups in total. The molecule has 1 saturated heterocycles. The van der Waals surface area contributed by atoms with Crippen LogP contribution in [0.5, 0.6) is 0 Å². The van der Waals surface area contributed by atoms with Gasteiger partial charge in [0.1, 0.15) is 6.10 Å². The first-order chi connectivity index (χ1) is 9.41. The molecular formula is C17H25NO2. The second kappa shape index (κ2) is 5.96. The van der Waals surface area contributed by atoms with Gasteiger partial charge in [-0.15, -0.1) is 0 Å². The lowest BCUT2D eigenvalue weighted by molar-refractivity contribution is -0.147. The Labute approximate surface area is 121 Å². The average Bonchev–Trinajstić information content (AvgIpc) is 2.46. The number of amides is 1. The number of aryl methyl sites for hydroxylation is 1. The molecule has 0 radical (unpaired) electrons.